The molecule has 1 aliphatic rings. The van der Waals surface area contributed by atoms with Crippen LogP contribution in [0.2, 0.25) is 0 Å². The number of aliphatic carboxylic acids is 1. The van der Waals surface area contributed by atoms with Gasteiger partial charge in [-0.3, -0.25) is 9.59 Å². The van der Waals surface area contributed by atoms with Gasteiger partial charge in [0.15, 0.2) is 0 Å². The highest BCUT2D eigenvalue weighted by Gasteiger charge is 2.44. The van der Waals surface area contributed by atoms with E-state index >= 15 is 0 Å². The molecule has 1 unspecified atom stereocenters. The van der Waals surface area contributed by atoms with Crippen molar-refractivity contribution in [1.29, 1.82) is 0 Å². The maximum Gasteiger partial charge on any atom is 0.313 e. The molecule has 0 aliphatic carbocycles. The average Bonchev–Trinajstić information content (AvgIpc) is 2.46. The zero-order valence-corrected chi connectivity index (χ0v) is 13.6. The van der Waals surface area contributed by atoms with Gasteiger partial charge in [-0.1, -0.05) is 26.7 Å². The molecule has 0 aromatic heterocycles. The van der Waals surface area contributed by atoms with Crippen LogP contribution in [-0.4, -0.2) is 48.7 Å². The fourth-order valence-electron chi connectivity index (χ4n) is 3.30. The van der Waals surface area contributed by atoms with Crippen LogP contribution in [0.3, 0.4) is 0 Å². The van der Waals surface area contributed by atoms with E-state index < -0.39 is 11.4 Å². The molecule has 21 heavy (non-hydrogen) atoms. The van der Waals surface area contributed by atoms with Crippen LogP contribution >= 0.6 is 0 Å². The second kappa shape index (κ2) is 8.37. The molecule has 0 radical (unpaired) electrons. The van der Waals surface area contributed by atoms with E-state index in [-0.39, 0.29) is 25.0 Å². The molecule has 1 rings (SSSR count). The lowest BCUT2D eigenvalue weighted by Gasteiger charge is -2.40. The van der Waals surface area contributed by atoms with E-state index in [1.165, 1.54) is 7.11 Å². The number of likely N-dealkylation sites (tertiary alicyclic amines) is 1. The van der Waals surface area contributed by atoms with E-state index in [4.69, 9.17) is 4.74 Å². The van der Waals surface area contributed by atoms with Gasteiger partial charge in [-0.2, -0.15) is 0 Å². The fourth-order valence-corrected chi connectivity index (χ4v) is 3.30. The minimum absolute atomic E-state index is 0.0344. The number of hydrogen-bond acceptors (Lipinski definition) is 3. The molecule has 5 nitrogen and oxygen atoms in total. The Morgan fingerprint density at radius 1 is 1.29 bits per heavy atom. The van der Waals surface area contributed by atoms with E-state index in [0.717, 1.165) is 32.1 Å². The van der Waals surface area contributed by atoms with Crippen LogP contribution in [0.15, 0.2) is 0 Å². The lowest BCUT2D eigenvalue weighted by atomic mass is 9.80. The minimum Gasteiger partial charge on any atom is -0.481 e. The van der Waals surface area contributed by atoms with Crippen molar-refractivity contribution in [2.75, 3.05) is 26.8 Å². The Labute approximate surface area is 127 Å². The van der Waals surface area contributed by atoms with Crippen molar-refractivity contribution in [2.24, 2.45) is 11.3 Å². The Morgan fingerprint density at radius 2 is 1.90 bits per heavy atom. The Hall–Kier alpha value is -1.10. The van der Waals surface area contributed by atoms with E-state index in [1.807, 2.05) is 0 Å². The molecule has 1 atom stereocenters. The predicted octanol–water partition coefficient (Wildman–Crippen LogP) is 2.54. The van der Waals surface area contributed by atoms with Gasteiger partial charge in [-0.25, -0.2) is 0 Å². The first-order valence-corrected chi connectivity index (χ1v) is 8.01. The molecule has 1 N–H and O–H groups in total. The lowest BCUT2D eigenvalue weighted by molar-refractivity contribution is -0.160. The lowest BCUT2D eigenvalue weighted by Crippen LogP contribution is -2.53. The van der Waals surface area contributed by atoms with Crippen LogP contribution in [0.5, 0.6) is 0 Å². The van der Waals surface area contributed by atoms with Crippen LogP contribution in [0.25, 0.3) is 0 Å². The quantitative estimate of drug-likeness (QED) is 0.748. The zero-order valence-electron chi connectivity index (χ0n) is 13.6. The average molecular weight is 299 g/mol. The van der Waals surface area contributed by atoms with Gasteiger partial charge in [-0.05, 0) is 25.7 Å². The standard InChI is InChI=1S/C16H29NO4/c1-4-7-13(8-5-2)14(18)17-10-6-9-16(11-17,12-21-3)15(19)20/h13H,4-12H2,1-3H3,(H,19,20). The number of nitrogens with zero attached hydrogens (tertiary/aromatic N) is 1. The summed E-state index contributed by atoms with van der Waals surface area (Å²) < 4.78 is 5.11. The van der Waals surface area contributed by atoms with Gasteiger partial charge in [-0.15, -0.1) is 0 Å². The Bertz CT molecular complexity index is 348. The fraction of sp³-hybridized carbons (Fsp3) is 0.875. The molecule has 122 valence electrons. The highest BCUT2D eigenvalue weighted by atomic mass is 16.5. The second-order valence-electron chi connectivity index (χ2n) is 6.16. The zero-order chi connectivity index (χ0) is 15.9. The van der Waals surface area contributed by atoms with Crippen molar-refractivity contribution in [3.8, 4) is 0 Å². The molecule has 0 spiro atoms. The maximum atomic E-state index is 12.7. The Kier molecular flexibility index (Phi) is 7.15. The summed E-state index contributed by atoms with van der Waals surface area (Å²) in [5, 5.41) is 9.55. The van der Waals surface area contributed by atoms with E-state index in [9.17, 15) is 14.7 Å². The Morgan fingerprint density at radius 3 is 2.38 bits per heavy atom. The summed E-state index contributed by atoms with van der Waals surface area (Å²) in [5.41, 5.74) is -0.939. The van der Waals surface area contributed by atoms with Crippen molar-refractivity contribution >= 4 is 11.9 Å². The first kappa shape index (κ1) is 18.0. The smallest absolute Gasteiger partial charge is 0.313 e. The van der Waals surface area contributed by atoms with E-state index in [2.05, 4.69) is 13.8 Å². The number of carbonyl (C=O) groups is 2. The van der Waals surface area contributed by atoms with Crippen LogP contribution in [0.4, 0.5) is 0 Å². The third-order valence-corrected chi connectivity index (χ3v) is 4.39. The maximum absolute atomic E-state index is 12.7. The van der Waals surface area contributed by atoms with E-state index in [0.29, 0.717) is 13.0 Å². The van der Waals surface area contributed by atoms with Gasteiger partial charge in [0.1, 0.15) is 5.41 Å². The van der Waals surface area contributed by atoms with Crippen molar-refractivity contribution in [3.05, 3.63) is 0 Å². The van der Waals surface area contributed by atoms with Crippen molar-refractivity contribution in [1.82, 2.24) is 4.90 Å². The number of carbonyl (C=O) groups excluding carboxylic acids is 1. The first-order chi connectivity index (χ1) is 10.0. The molecule has 0 aromatic carbocycles. The summed E-state index contributed by atoms with van der Waals surface area (Å²) in [6.07, 6.45) is 5.03. The van der Waals surface area contributed by atoms with Crippen LogP contribution in [-0.2, 0) is 14.3 Å². The van der Waals surface area contributed by atoms with Crippen LogP contribution in [0.1, 0.15) is 52.4 Å². The molecule has 1 fully saturated rings. The highest BCUT2D eigenvalue weighted by Crippen LogP contribution is 2.32. The molecular formula is C16H29NO4. The number of ether oxygens (including phenoxy) is 1. The summed E-state index contributed by atoms with van der Waals surface area (Å²) in [7, 11) is 1.52. The third-order valence-electron chi connectivity index (χ3n) is 4.39. The molecule has 0 bridgehead atoms. The van der Waals surface area contributed by atoms with Gasteiger partial charge < -0.3 is 14.7 Å². The van der Waals surface area contributed by atoms with Gasteiger partial charge in [0.2, 0.25) is 5.91 Å². The minimum atomic E-state index is -0.939. The number of methoxy groups -OCH3 is 1. The molecule has 1 aliphatic heterocycles. The summed E-state index contributed by atoms with van der Waals surface area (Å²) in [5.74, 6) is -0.698. The summed E-state index contributed by atoms with van der Waals surface area (Å²) >= 11 is 0. The normalized spacial score (nSPS) is 22.6. The molecule has 1 saturated heterocycles. The predicted molar refractivity (Wildman–Crippen MR) is 81.1 cm³/mol. The van der Waals surface area contributed by atoms with Crippen LogP contribution < -0.4 is 0 Å². The monoisotopic (exact) mass is 299 g/mol. The number of rotatable bonds is 8. The summed E-state index contributed by atoms with van der Waals surface area (Å²) in [6, 6.07) is 0. The Balaban J connectivity index is 2.82. The molecule has 5 heteroatoms. The van der Waals surface area contributed by atoms with Gasteiger partial charge in [0.05, 0.1) is 6.61 Å². The largest absolute Gasteiger partial charge is 0.481 e. The topological polar surface area (TPSA) is 66.8 Å². The number of hydrogen-bond donors (Lipinski definition) is 1. The molecule has 0 saturated carbocycles. The number of carboxylic acids is 1. The molecule has 0 aromatic rings. The molecule has 1 amide bonds. The summed E-state index contributed by atoms with van der Waals surface area (Å²) in [6.45, 7) is 5.27. The number of piperidine rings is 1. The van der Waals surface area contributed by atoms with Gasteiger partial charge >= 0.3 is 5.97 Å². The third kappa shape index (κ3) is 4.43. The van der Waals surface area contributed by atoms with E-state index in [1.54, 1.807) is 4.90 Å². The number of amides is 1. The number of carboxylic acid groups (broad SMARTS) is 1. The van der Waals surface area contributed by atoms with Crippen molar-refractivity contribution < 1.29 is 19.4 Å². The molecular weight excluding hydrogens is 270 g/mol. The summed E-state index contributed by atoms with van der Waals surface area (Å²) in [4.78, 5) is 26.1. The molecule has 1 heterocycles. The van der Waals surface area contributed by atoms with Crippen molar-refractivity contribution in [3.63, 3.8) is 0 Å². The van der Waals surface area contributed by atoms with Gasteiger partial charge in [0.25, 0.3) is 0 Å². The van der Waals surface area contributed by atoms with Crippen molar-refractivity contribution in [2.45, 2.75) is 52.4 Å². The van der Waals surface area contributed by atoms with Gasteiger partial charge in [0, 0.05) is 26.1 Å². The SMILES string of the molecule is CCCC(CCC)C(=O)N1CCCC(COC)(C(=O)O)C1. The van der Waals surface area contributed by atoms with Crippen LogP contribution in [0, 0.1) is 11.3 Å². The highest BCUT2D eigenvalue weighted by molar-refractivity contribution is 5.81. The first-order valence-electron chi connectivity index (χ1n) is 8.01. The second-order valence-corrected chi connectivity index (χ2v) is 6.16.